The van der Waals surface area contributed by atoms with Crippen molar-refractivity contribution in [2.45, 2.75) is 0 Å². The molecular weight excluding hydrogens is 186 g/mol. The lowest BCUT2D eigenvalue weighted by atomic mass is 10.2. The fraction of sp³-hybridized carbons (Fsp3) is 0.100. The molecule has 0 aromatic heterocycles. The Morgan fingerprint density at radius 1 is 1.46 bits per heavy atom. The van der Waals surface area contributed by atoms with E-state index in [0.717, 1.165) is 11.3 Å². The summed E-state index contributed by atoms with van der Waals surface area (Å²) in [6.45, 7) is 7.34. The maximum absolute atomic E-state index is 5.80. The highest BCUT2D eigenvalue weighted by Gasteiger charge is 2.13. The minimum absolute atomic E-state index is 0.473. The maximum atomic E-state index is 5.80. The van der Waals surface area contributed by atoms with Crippen molar-refractivity contribution < 1.29 is 9.58 Å². The van der Waals surface area contributed by atoms with Crippen molar-refractivity contribution >= 4 is 29.0 Å². The van der Waals surface area contributed by atoms with Crippen LogP contribution in [0.5, 0.6) is 0 Å². The highest BCUT2D eigenvalue weighted by atomic mass is 35.5. The van der Waals surface area contributed by atoms with Gasteiger partial charge >= 0.3 is 0 Å². The summed E-state index contributed by atoms with van der Waals surface area (Å²) in [6, 6.07) is 7.49. The highest BCUT2D eigenvalue weighted by molar-refractivity contribution is 6.48. The van der Waals surface area contributed by atoms with Gasteiger partial charge in [0.1, 0.15) is 7.11 Å². The largest absolute Gasteiger partial charge is 0.275 e. The summed E-state index contributed by atoms with van der Waals surface area (Å²) in [4.78, 5) is 4.95. The van der Waals surface area contributed by atoms with Crippen LogP contribution in [0.15, 0.2) is 30.8 Å². The lowest BCUT2D eigenvalue weighted by Crippen LogP contribution is -2.01. The van der Waals surface area contributed by atoms with Crippen molar-refractivity contribution in [1.82, 2.24) is 0 Å². The molecule has 13 heavy (non-hydrogen) atoms. The van der Waals surface area contributed by atoms with E-state index in [0.29, 0.717) is 5.03 Å². The summed E-state index contributed by atoms with van der Waals surface area (Å²) in [5, 5.41) is 0.473. The van der Waals surface area contributed by atoms with Gasteiger partial charge in [0.05, 0.1) is 5.56 Å². The average Bonchev–Trinajstić information content (AvgIpc) is 2.16. The van der Waals surface area contributed by atoms with Gasteiger partial charge in [-0.05, 0) is 6.07 Å². The van der Waals surface area contributed by atoms with Gasteiger partial charge in [-0.1, -0.05) is 30.3 Å². The molecule has 1 rings (SSSR count). The normalized spacial score (nSPS) is 9.38. The molecule has 0 aliphatic heterocycles. The third-order valence-corrected chi connectivity index (χ3v) is 1.89. The van der Waals surface area contributed by atoms with Crippen LogP contribution in [0.4, 0.5) is 5.69 Å². The van der Waals surface area contributed by atoms with Crippen molar-refractivity contribution in [1.29, 1.82) is 0 Å². The molecule has 2 nitrogen and oxygen atoms in total. The number of nitrogens with zero attached hydrogens (tertiary/aromatic N) is 1. The first kappa shape index (κ1) is 9.81. The lowest BCUT2D eigenvalue weighted by Gasteiger charge is -2.01. The first-order valence-electron chi connectivity index (χ1n) is 3.75. The van der Waals surface area contributed by atoms with Crippen LogP contribution in [0, 0.1) is 0 Å². The number of rotatable bonds is 3. The van der Waals surface area contributed by atoms with Gasteiger partial charge in [-0.25, -0.2) is 0 Å². The van der Waals surface area contributed by atoms with Crippen LogP contribution in [0.1, 0.15) is 5.56 Å². The summed E-state index contributed by atoms with van der Waals surface area (Å²) in [6.07, 6.45) is 0. The summed E-state index contributed by atoms with van der Waals surface area (Å²) in [7, 11) is 1.54. The number of hydrogen-bond donors (Lipinski definition) is 0. The molecule has 68 valence electrons. The van der Waals surface area contributed by atoms with E-state index >= 15 is 0 Å². The second kappa shape index (κ2) is 4.10. The molecule has 1 aromatic rings. The Bertz CT molecular complexity index is 347. The van der Waals surface area contributed by atoms with E-state index in [1.165, 1.54) is 4.74 Å². The third kappa shape index (κ3) is 2.10. The molecule has 0 amide bonds. The van der Waals surface area contributed by atoms with Crippen molar-refractivity contribution in [2.75, 3.05) is 7.11 Å². The number of hydrogen-bond acceptors (Lipinski definition) is 1. The Kier molecular flexibility index (Phi) is 3.09. The fourth-order valence-corrected chi connectivity index (χ4v) is 1.18. The number of halogens is 1. The summed E-state index contributed by atoms with van der Waals surface area (Å²) in [5.41, 5.74) is 1.62. The van der Waals surface area contributed by atoms with Gasteiger partial charge in [0.25, 0.3) is 5.69 Å². The second-order valence-corrected chi connectivity index (χ2v) is 2.94. The quantitative estimate of drug-likeness (QED) is 0.411. The first-order valence-corrected chi connectivity index (χ1v) is 4.13. The van der Waals surface area contributed by atoms with Gasteiger partial charge in [-0.3, -0.25) is 4.84 Å². The average molecular weight is 197 g/mol. The van der Waals surface area contributed by atoms with E-state index in [4.69, 9.17) is 16.4 Å². The van der Waals surface area contributed by atoms with Crippen LogP contribution in [0.3, 0.4) is 0 Å². The molecule has 0 aliphatic carbocycles. The van der Waals surface area contributed by atoms with Crippen LogP contribution >= 0.6 is 11.6 Å². The topological polar surface area (TPSA) is 12.2 Å². The molecule has 0 saturated carbocycles. The van der Waals surface area contributed by atoms with Gasteiger partial charge in [0.2, 0.25) is 0 Å². The van der Waals surface area contributed by atoms with Crippen LogP contribution in [-0.2, 0) is 4.84 Å². The molecule has 0 heterocycles. The zero-order chi connectivity index (χ0) is 9.84. The zero-order valence-electron chi connectivity index (χ0n) is 7.46. The van der Waals surface area contributed by atoms with Gasteiger partial charge in [0.15, 0.2) is 6.72 Å². The SMILES string of the molecule is C=C(Cl)c1ccccc1[N+](=C)OC. The lowest BCUT2D eigenvalue weighted by molar-refractivity contribution is -0.714. The summed E-state index contributed by atoms with van der Waals surface area (Å²) < 4.78 is 1.39. The predicted octanol–water partition coefficient (Wildman–Crippen LogP) is 2.80. The fourth-order valence-electron chi connectivity index (χ4n) is 1.02. The van der Waals surface area contributed by atoms with Crippen LogP contribution < -0.4 is 0 Å². The Balaban J connectivity index is 3.19. The number of para-hydroxylation sites is 1. The molecular formula is C10H11ClNO+. The minimum atomic E-state index is 0.473. The van der Waals surface area contributed by atoms with Crippen molar-refractivity contribution in [3.05, 3.63) is 36.4 Å². The molecule has 0 N–H and O–H groups in total. The molecule has 0 spiro atoms. The number of benzene rings is 1. The van der Waals surface area contributed by atoms with E-state index in [-0.39, 0.29) is 0 Å². The van der Waals surface area contributed by atoms with E-state index < -0.39 is 0 Å². The Morgan fingerprint density at radius 2 is 2.08 bits per heavy atom. The Labute approximate surface area is 82.7 Å². The van der Waals surface area contributed by atoms with E-state index in [9.17, 15) is 0 Å². The van der Waals surface area contributed by atoms with E-state index in [1.807, 2.05) is 24.3 Å². The van der Waals surface area contributed by atoms with E-state index in [1.54, 1.807) is 7.11 Å². The van der Waals surface area contributed by atoms with E-state index in [2.05, 4.69) is 13.3 Å². The first-order chi connectivity index (χ1) is 6.16. The minimum Gasteiger partial charge on any atom is -0.275 e. The summed E-state index contributed by atoms with van der Waals surface area (Å²) in [5.74, 6) is 0. The second-order valence-electron chi connectivity index (χ2n) is 2.48. The molecule has 0 bridgehead atoms. The molecule has 1 aromatic carbocycles. The molecule has 0 radical (unpaired) electrons. The standard InChI is InChI=1S/C10H11ClNO/c1-8(11)9-6-4-5-7-10(9)12(2)13-3/h4-7H,1-2H2,3H3/q+1. The molecule has 3 heteroatoms. The summed E-state index contributed by atoms with van der Waals surface area (Å²) >= 11 is 5.80. The van der Waals surface area contributed by atoms with Crippen LogP contribution in [-0.4, -0.2) is 18.6 Å². The maximum Gasteiger partial charge on any atom is 0.265 e. The predicted molar refractivity (Wildman–Crippen MR) is 55.4 cm³/mol. The Morgan fingerprint density at radius 3 is 2.62 bits per heavy atom. The van der Waals surface area contributed by atoms with Gasteiger partial charge in [0, 0.05) is 15.8 Å². The molecule has 0 aliphatic rings. The monoisotopic (exact) mass is 196 g/mol. The van der Waals surface area contributed by atoms with Gasteiger partial charge in [-0.15, -0.1) is 0 Å². The Hall–Kier alpha value is -1.28. The van der Waals surface area contributed by atoms with Crippen molar-refractivity contribution in [3.63, 3.8) is 0 Å². The molecule has 0 saturated heterocycles. The highest BCUT2D eigenvalue weighted by Crippen LogP contribution is 2.26. The van der Waals surface area contributed by atoms with Crippen molar-refractivity contribution in [2.24, 2.45) is 0 Å². The zero-order valence-corrected chi connectivity index (χ0v) is 8.21. The molecule has 0 unspecified atom stereocenters. The van der Waals surface area contributed by atoms with Crippen LogP contribution in [0.2, 0.25) is 0 Å². The van der Waals surface area contributed by atoms with Crippen LogP contribution in [0.25, 0.3) is 5.03 Å². The molecule has 0 fully saturated rings. The van der Waals surface area contributed by atoms with Crippen molar-refractivity contribution in [3.8, 4) is 0 Å². The van der Waals surface area contributed by atoms with Gasteiger partial charge in [-0.2, -0.15) is 0 Å². The van der Waals surface area contributed by atoms with Gasteiger partial charge < -0.3 is 0 Å². The smallest absolute Gasteiger partial charge is 0.265 e. The third-order valence-electron chi connectivity index (χ3n) is 1.69. The molecule has 0 atom stereocenters.